The van der Waals surface area contributed by atoms with Gasteiger partial charge in [0.25, 0.3) is 5.91 Å². The van der Waals surface area contributed by atoms with Crippen LogP contribution in [0.4, 0.5) is 26.1 Å². The second-order valence-electron chi connectivity index (χ2n) is 5.62. The molecule has 6 nitrogen and oxygen atoms in total. The van der Waals surface area contributed by atoms with Crippen molar-refractivity contribution in [3.8, 4) is 6.07 Å². The topological polar surface area (TPSA) is 90.7 Å². The van der Waals surface area contributed by atoms with Crippen LogP contribution in [0, 0.1) is 29.9 Å². The first-order valence-corrected chi connectivity index (χ1v) is 7.84. The Bertz CT molecular complexity index is 1060. The number of benzene rings is 2. The summed E-state index contributed by atoms with van der Waals surface area (Å²) < 4.78 is 26.4. The molecule has 3 rings (SSSR count). The Morgan fingerprint density at radius 2 is 1.85 bits per heavy atom. The first kappa shape index (κ1) is 17.9. The average Bonchev–Trinajstić information content (AvgIpc) is 2.64. The van der Waals surface area contributed by atoms with E-state index in [-0.39, 0.29) is 17.3 Å². The molecule has 1 amide bonds. The number of rotatable bonds is 4. The number of nitrogens with zero attached hydrogens (tertiary/aromatic N) is 3. The van der Waals surface area contributed by atoms with Crippen LogP contribution >= 0.6 is 0 Å². The van der Waals surface area contributed by atoms with Gasteiger partial charge in [0.15, 0.2) is 11.6 Å². The van der Waals surface area contributed by atoms with Gasteiger partial charge in [0.05, 0.1) is 11.6 Å². The van der Waals surface area contributed by atoms with Crippen LogP contribution < -0.4 is 10.6 Å². The molecule has 0 aliphatic rings. The van der Waals surface area contributed by atoms with E-state index in [1.54, 1.807) is 25.1 Å². The zero-order valence-electron chi connectivity index (χ0n) is 14.1. The molecule has 0 radical (unpaired) electrons. The Hall–Kier alpha value is -3.86. The highest BCUT2D eigenvalue weighted by Crippen LogP contribution is 2.18. The summed E-state index contributed by atoms with van der Waals surface area (Å²) in [5, 5.41) is 14.3. The van der Waals surface area contributed by atoms with Gasteiger partial charge < -0.3 is 10.6 Å². The number of hydrogen-bond donors (Lipinski definition) is 2. The zero-order valence-corrected chi connectivity index (χ0v) is 14.1. The largest absolute Gasteiger partial charge is 0.324 e. The highest BCUT2D eigenvalue weighted by molar-refractivity contribution is 6.03. The molecule has 0 atom stereocenters. The fourth-order valence-corrected chi connectivity index (χ4v) is 2.31. The molecule has 134 valence electrons. The molecule has 0 spiro atoms. The Kier molecular flexibility index (Phi) is 5.04. The van der Waals surface area contributed by atoms with E-state index in [0.717, 1.165) is 12.1 Å². The standard InChI is InChI=1S/C19H13F2N5O/c1-11-7-17(18(27)24-13-4-2-3-12(8-13)10-22)26-19(23-11)25-14-5-6-15(20)16(21)9-14/h2-9H,1H3,(H,24,27)(H,23,25,26). The molecule has 0 aliphatic carbocycles. The molecule has 2 N–H and O–H groups in total. The molecule has 0 fully saturated rings. The van der Waals surface area contributed by atoms with Crippen LogP contribution in [0.25, 0.3) is 0 Å². The van der Waals surface area contributed by atoms with Crippen molar-refractivity contribution in [1.29, 1.82) is 5.26 Å². The van der Waals surface area contributed by atoms with E-state index >= 15 is 0 Å². The van der Waals surface area contributed by atoms with Gasteiger partial charge in [-0.25, -0.2) is 18.7 Å². The summed E-state index contributed by atoms with van der Waals surface area (Å²) in [4.78, 5) is 20.7. The quantitative estimate of drug-likeness (QED) is 0.731. The second kappa shape index (κ2) is 7.58. The highest BCUT2D eigenvalue weighted by Gasteiger charge is 2.12. The number of amides is 1. The third kappa shape index (κ3) is 4.41. The average molecular weight is 365 g/mol. The summed E-state index contributed by atoms with van der Waals surface area (Å²) in [7, 11) is 0. The van der Waals surface area contributed by atoms with Crippen molar-refractivity contribution >= 4 is 23.2 Å². The van der Waals surface area contributed by atoms with Gasteiger partial charge in [-0.15, -0.1) is 0 Å². The number of hydrogen-bond acceptors (Lipinski definition) is 5. The lowest BCUT2D eigenvalue weighted by atomic mass is 10.2. The fourth-order valence-electron chi connectivity index (χ4n) is 2.31. The van der Waals surface area contributed by atoms with Crippen LogP contribution in [0.5, 0.6) is 0 Å². The smallest absolute Gasteiger partial charge is 0.274 e. The highest BCUT2D eigenvalue weighted by atomic mass is 19.2. The van der Waals surface area contributed by atoms with Crippen molar-refractivity contribution < 1.29 is 13.6 Å². The first-order valence-electron chi connectivity index (χ1n) is 7.84. The Labute approximate surface area is 153 Å². The molecule has 0 saturated carbocycles. The summed E-state index contributed by atoms with van der Waals surface area (Å²) in [6, 6.07) is 13.2. The molecular weight excluding hydrogens is 352 g/mol. The van der Waals surface area contributed by atoms with E-state index in [1.807, 2.05) is 6.07 Å². The van der Waals surface area contributed by atoms with Crippen molar-refractivity contribution in [2.24, 2.45) is 0 Å². The number of carbonyl (C=O) groups is 1. The number of halogens is 2. The first-order chi connectivity index (χ1) is 12.9. The van der Waals surface area contributed by atoms with Crippen LogP contribution in [0.3, 0.4) is 0 Å². The Balaban J connectivity index is 1.82. The third-order valence-corrected chi connectivity index (χ3v) is 3.51. The number of aromatic nitrogens is 2. The van der Waals surface area contributed by atoms with E-state index in [9.17, 15) is 13.6 Å². The minimum Gasteiger partial charge on any atom is -0.324 e. The minimum atomic E-state index is -1.01. The summed E-state index contributed by atoms with van der Waals surface area (Å²) in [5.74, 6) is -2.41. The monoisotopic (exact) mass is 365 g/mol. The second-order valence-corrected chi connectivity index (χ2v) is 5.62. The molecule has 1 heterocycles. The van der Waals surface area contributed by atoms with Gasteiger partial charge in [-0.3, -0.25) is 4.79 Å². The Morgan fingerprint density at radius 1 is 1.04 bits per heavy atom. The molecule has 0 saturated heterocycles. The van der Waals surface area contributed by atoms with E-state index in [2.05, 4.69) is 20.6 Å². The molecule has 27 heavy (non-hydrogen) atoms. The van der Waals surface area contributed by atoms with Crippen LogP contribution in [0.15, 0.2) is 48.5 Å². The molecule has 0 aliphatic heterocycles. The van der Waals surface area contributed by atoms with Crippen LogP contribution in [-0.4, -0.2) is 15.9 Å². The van der Waals surface area contributed by atoms with Crippen LogP contribution in [0.2, 0.25) is 0 Å². The summed E-state index contributed by atoms with van der Waals surface area (Å²) in [5.41, 5.74) is 1.69. The SMILES string of the molecule is Cc1cc(C(=O)Nc2cccc(C#N)c2)nc(Nc2ccc(F)c(F)c2)n1. The zero-order chi connectivity index (χ0) is 19.4. The van der Waals surface area contributed by atoms with Gasteiger partial charge in [-0.05, 0) is 43.3 Å². The van der Waals surface area contributed by atoms with Crippen molar-refractivity contribution in [3.63, 3.8) is 0 Å². The Morgan fingerprint density at radius 3 is 2.59 bits per heavy atom. The lowest BCUT2D eigenvalue weighted by Crippen LogP contribution is -2.15. The predicted molar refractivity (Wildman–Crippen MR) is 95.5 cm³/mol. The van der Waals surface area contributed by atoms with Crippen molar-refractivity contribution in [1.82, 2.24) is 9.97 Å². The van der Waals surface area contributed by atoms with Gasteiger partial charge in [0, 0.05) is 23.1 Å². The number of nitriles is 1. The lowest BCUT2D eigenvalue weighted by Gasteiger charge is -2.09. The van der Waals surface area contributed by atoms with Gasteiger partial charge in [-0.1, -0.05) is 6.07 Å². The summed E-state index contributed by atoms with van der Waals surface area (Å²) in [6.45, 7) is 1.67. The molecule has 8 heteroatoms. The van der Waals surface area contributed by atoms with Crippen molar-refractivity contribution in [2.75, 3.05) is 10.6 Å². The minimum absolute atomic E-state index is 0.0666. The van der Waals surface area contributed by atoms with Gasteiger partial charge in [0.1, 0.15) is 5.69 Å². The summed E-state index contributed by atoms with van der Waals surface area (Å²) >= 11 is 0. The maximum absolute atomic E-state index is 13.3. The molecule has 3 aromatic rings. The molecule has 2 aromatic carbocycles. The molecule has 1 aromatic heterocycles. The van der Waals surface area contributed by atoms with E-state index in [0.29, 0.717) is 16.9 Å². The third-order valence-electron chi connectivity index (χ3n) is 3.51. The summed E-state index contributed by atoms with van der Waals surface area (Å²) in [6.07, 6.45) is 0. The van der Waals surface area contributed by atoms with Crippen LogP contribution in [-0.2, 0) is 0 Å². The maximum atomic E-state index is 13.3. The van der Waals surface area contributed by atoms with E-state index in [1.165, 1.54) is 18.2 Å². The van der Waals surface area contributed by atoms with E-state index in [4.69, 9.17) is 5.26 Å². The molecule has 0 unspecified atom stereocenters. The number of nitrogens with one attached hydrogen (secondary N) is 2. The van der Waals surface area contributed by atoms with Crippen molar-refractivity contribution in [3.05, 3.63) is 77.1 Å². The lowest BCUT2D eigenvalue weighted by molar-refractivity contribution is 0.102. The van der Waals surface area contributed by atoms with E-state index < -0.39 is 17.5 Å². The van der Waals surface area contributed by atoms with Gasteiger partial charge in [-0.2, -0.15) is 5.26 Å². The maximum Gasteiger partial charge on any atom is 0.274 e. The predicted octanol–water partition coefficient (Wildman–Crippen LogP) is 3.93. The van der Waals surface area contributed by atoms with Gasteiger partial charge >= 0.3 is 0 Å². The van der Waals surface area contributed by atoms with Gasteiger partial charge in [0.2, 0.25) is 5.95 Å². The molecule has 0 bridgehead atoms. The fraction of sp³-hybridized carbons (Fsp3) is 0.0526. The van der Waals surface area contributed by atoms with Crippen LogP contribution in [0.1, 0.15) is 21.7 Å². The number of carbonyl (C=O) groups excluding carboxylic acids is 1. The number of anilines is 3. The molecular formula is C19H13F2N5O. The van der Waals surface area contributed by atoms with Crippen molar-refractivity contribution in [2.45, 2.75) is 6.92 Å². The normalized spacial score (nSPS) is 10.1. The number of aryl methyl sites for hydroxylation is 1.